The standard InChI is InChI=1S/C43H51F6N3O4S/c1-7-15-41(44,45)26-51-20-17-40(18-21-51,43(48,49)28(2)3)39(54)50(4)34(38(53)57)24-30-11-8-13-32-31(30)12-9-14-33(32)37-35(55-5)22-29(23-36(37)56-6)25-52-19-10-16-42(46,47)27-52/h7-9,11-15,22-23,34H,2,10,16-21,24-27H2,1,3-6H3,(H,53,57)/b15-7+/t34-/m0/s1. The van der Waals surface area contributed by atoms with Gasteiger partial charge < -0.3 is 14.4 Å². The van der Waals surface area contributed by atoms with Crippen LogP contribution in [0.3, 0.4) is 0 Å². The number of carbonyl (C=O) groups is 2. The quantitative estimate of drug-likeness (QED) is 0.0939. The number of ether oxygens (including phenoxy) is 2. The number of thiol groups is 1. The van der Waals surface area contributed by atoms with E-state index in [2.05, 4.69) is 19.2 Å². The number of fused-ring (bicyclic) bond motifs is 1. The molecule has 7 nitrogen and oxygen atoms in total. The van der Waals surface area contributed by atoms with E-state index in [1.54, 1.807) is 29.2 Å². The van der Waals surface area contributed by atoms with Crippen molar-refractivity contribution in [2.75, 3.05) is 54.0 Å². The van der Waals surface area contributed by atoms with Gasteiger partial charge in [-0.15, -0.1) is 12.6 Å². The van der Waals surface area contributed by atoms with Gasteiger partial charge in [0.15, 0.2) is 0 Å². The molecule has 0 aliphatic carbocycles. The highest BCUT2D eigenvalue weighted by Crippen LogP contribution is 2.51. The van der Waals surface area contributed by atoms with E-state index >= 15 is 8.78 Å². The Kier molecular flexibility index (Phi) is 13.5. The van der Waals surface area contributed by atoms with Crippen molar-refractivity contribution in [3.8, 4) is 22.6 Å². The Morgan fingerprint density at radius 1 is 0.965 bits per heavy atom. The molecule has 1 amide bonds. The second-order valence-corrected chi connectivity index (χ2v) is 15.8. The minimum Gasteiger partial charge on any atom is -0.496 e. The van der Waals surface area contributed by atoms with Crippen molar-refractivity contribution in [3.63, 3.8) is 0 Å². The molecule has 0 spiro atoms. The van der Waals surface area contributed by atoms with Crippen LogP contribution in [0.1, 0.15) is 50.7 Å². The molecule has 0 N–H and O–H groups in total. The van der Waals surface area contributed by atoms with Crippen molar-refractivity contribution < 1.29 is 45.4 Å². The van der Waals surface area contributed by atoms with Crippen molar-refractivity contribution in [2.24, 2.45) is 5.41 Å². The molecule has 3 aromatic carbocycles. The fourth-order valence-corrected chi connectivity index (χ4v) is 8.63. The zero-order chi connectivity index (χ0) is 41.9. The molecule has 310 valence electrons. The van der Waals surface area contributed by atoms with Crippen LogP contribution in [0.2, 0.25) is 0 Å². The zero-order valence-corrected chi connectivity index (χ0v) is 33.9. The van der Waals surface area contributed by atoms with E-state index in [-0.39, 0.29) is 39.0 Å². The van der Waals surface area contributed by atoms with Gasteiger partial charge >= 0.3 is 0 Å². The molecule has 2 aliphatic heterocycles. The maximum absolute atomic E-state index is 16.2. The number of allylic oxidation sites excluding steroid dienone is 2. The van der Waals surface area contributed by atoms with E-state index in [4.69, 9.17) is 9.47 Å². The van der Waals surface area contributed by atoms with Gasteiger partial charge in [-0.2, -0.15) is 0 Å². The molecule has 0 bridgehead atoms. The summed E-state index contributed by atoms with van der Waals surface area (Å²) in [5.74, 6) is -9.72. The van der Waals surface area contributed by atoms with Gasteiger partial charge in [-0.3, -0.25) is 19.4 Å². The van der Waals surface area contributed by atoms with Crippen molar-refractivity contribution in [1.29, 1.82) is 0 Å². The number of methoxy groups -OCH3 is 2. The molecule has 1 atom stereocenters. The third-order valence-electron chi connectivity index (χ3n) is 11.3. The second kappa shape index (κ2) is 17.5. The van der Waals surface area contributed by atoms with Crippen LogP contribution in [0, 0.1) is 5.41 Å². The first kappa shape index (κ1) is 44.1. The van der Waals surface area contributed by atoms with E-state index in [0.717, 1.165) is 28.8 Å². The maximum atomic E-state index is 16.2. The molecule has 2 fully saturated rings. The average Bonchev–Trinajstić information content (AvgIpc) is 3.15. The average molecular weight is 820 g/mol. The molecule has 57 heavy (non-hydrogen) atoms. The number of hydrogen-bond acceptors (Lipinski definition) is 6. The number of halogens is 6. The first-order valence-electron chi connectivity index (χ1n) is 18.9. The normalized spacial score (nSPS) is 18.4. The van der Waals surface area contributed by atoms with E-state index in [1.807, 2.05) is 24.3 Å². The molecule has 2 saturated heterocycles. The van der Waals surface area contributed by atoms with Crippen LogP contribution >= 0.6 is 12.6 Å². The van der Waals surface area contributed by atoms with Crippen molar-refractivity contribution in [3.05, 3.63) is 84.0 Å². The second-order valence-electron chi connectivity index (χ2n) is 15.3. The minimum atomic E-state index is -3.71. The first-order chi connectivity index (χ1) is 26.8. The predicted molar refractivity (Wildman–Crippen MR) is 214 cm³/mol. The number of benzene rings is 3. The first-order valence-corrected chi connectivity index (χ1v) is 19.4. The molecule has 14 heteroatoms. The number of alkyl halides is 6. The fourth-order valence-electron chi connectivity index (χ4n) is 8.37. The molecular formula is C43H51F6N3O4S. The van der Waals surface area contributed by atoms with Gasteiger partial charge in [-0.25, -0.2) is 26.3 Å². The number of piperidine rings is 2. The smallest absolute Gasteiger partial charge is 0.283 e. The Balaban J connectivity index is 1.48. The highest BCUT2D eigenvalue weighted by atomic mass is 32.1. The molecule has 0 aromatic heterocycles. The van der Waals surface area contributed by atoms with Crippen LogP contribution < -0.4 is 9.47 Å². The van der Waals surface area contributed by atoms with Gasteiger partial charge in [0.2, 0.25) is 11.0 Å². The Bertz CT molecular complexity index is 1970. The molecule has 0 saturated carbocycles. The zero-order valence-electron chi connectivity index (χ0n) is 33.0. The van der Waals surface area contributed by atoms with E-state index < -0.39 is 65.2 Å². The van der Waals surface area contributed by atoms with Crippen molar-refractivity contribution in [1.82, 2.24) is 14.7 Å². The summed E-state index contributed by atoms with van der Waals surface area (Å²) in [7, 11) is 4.32. The number of likely N-dealkylation sites (N-methyl/N-ethyl adjacent to an activating group) is 1. The third kappa shape index (κ3) is 9.33. The van der Waals surface area contributed by atoms with Crippen LogP contribution in [0.5, 0.6) is 11.5 Å². The molecule has 3 aromatic rings. The molecule has 2 aliphatic rings. The van der Waals surface area contributed by atoms with Crippen LogP contribution in [0.15, 0.2) is 72.8 Å². The lowest BCUT2D eigenvalue weighted by Gasteiger charge is -2.47. The maximum Gasteiger partial charge on any atom is 0.283 e. The lowest BCUT2D eigenvalue weighted by atomic mass is 9.69. The monoisotopic (exact) mass is 819 g/mol. The Morgan fingerprint density at radius 3 is 2.14 bits per heavy atom. The van der Waals surface area contributed by atoms with Crippen LogP contribution in [0.25, 0.3) is 21.9 Å². The van der Waals surface area contributed by atoms with Gasteiger partial charge in [-0.1, -0.05) is 49.1 Å². The van der Waals surface area contributed by atoms with Crippen LogP contribution in [-0.2, 0) is 22.6 Å². The van der Waals surface area contributed by atoms with Crippen LogP contribution in [0.4, 0.5) is 26.3 Å². The van der Waals surface area contributed by atoms with Gasteiger partial charge in [0, 0.05) is 26.4 Å². The highest BCUT2D eigenvalue weighted by molar-refractivity contribution is 7.96. The van der Waals surface area contributed by atoms with Crippen LogP contribution in [-0.4, -0.2) is 104 Å². The Labute approximate surface area is 336 Å². The summed E-state index contributed by atoms with van der Waals surface area (Å²) in [5, 5.41) is 0.722. The number of amides is 1. The summed E-state index contributed by atoms with van der Waals surface area (Å²) in [5.41, 5.74) is -0.182. The third-order valence-corrected chi connectivity index (χ3v) is 11.6. The SMILES string of the molecule is C=C(C)C(F)(F)C1(C(=O)N(C)[C@@H](Cc2cccc3c(-c4c(OC)cc(CN5CCCC(F)(F)C5)cc4OC)cccc23)C(=O)S)CCN(CC(F)(F)/C=C/C)CC1. The lowest BCUT2D eigenvalue weighted by Crippen LogP contribution is -2.61. The molecule has 0 radical (unpaired) electrons. The van der Waals surface area contributed by atoms with Gasteiger partial charge in [0.25, 0.3) is 17.8 Å². The van der Waals surface area contributed by atoms with E-state index in [1.165, 1.54) is 39.2 Å². The van der Waals surface area contributed by atoms with E-state index in [9.17, 15) is 27.2 Å². The number of rotatable bonds is 15. The number of nitrogens with zero attached hydrogens (tertiary/aromatic N) is 3. The topological polar surface area (TPSA) is 62.3 Å². The van der Waals surface area contributed by atoms with Gasteiger partial charge in [0.1, 0.15) is 23.0 Å². The summed E-state index contributed by atoms with van der Waals surface area (Å²) in [4.78, 5) is 31.7. The molecular weight excluding hydrogens is 769 g/mol. The largest absolute Gasteiger partial charge is 0.496 e. The highest BCUT2D eigenvalue weighted by Gasteiger charge is 2.61. The Hall–Kier alpha value is -4.01. The minimum absolute atomic E-state index is 0.0739. The number of likely N-dealkylation sites (tertiary alicyclic amines) is 2. The molecule has 5 rings (SSSR count). The summed E-state index contributed by atoms with van der Waals surface area (Å²) in [6, 6.07) is 13.3. The summed E-state index contributed by atoms with van der Waals surface area (Å²) in [6.45, 7) is 5.49. The summed E-state index contributed by atoms with van der Waals surface area (Å²) in [6.07, 6.45) is 1.30. The van der Waals surface area contributed by atoms with Crippen molar-refractivity contribution >= 4 is 34.4 Å². The summed E-state index contributed by atoms with van der Waals surface area (Å²) < 4.78 is 101. The predicted octanol–water partition coefficient (Wildman–Crippen LogP) is 9.09. The number of hydrogen-bond donors (Lipinski definition) is 1. The molecule has 2 heterocycles. The van der Waals surface area contributed by atoms with E-state index in [0.29, 0.717) is 46.5 Å². The lowest BCUT2D eigenvalue weighted by molar-refractivity contribution is -0.175. The van der Waals surface area contributed by atoms with Crippen molar-refractivity contribution in [2.45, 2.75) is 76.3 Å². The van der Waals surface area contributed by atoms with Gasteiger partial charge in [-0.05, 0) is 104 Å². The number of carbonyl (C=O) groups excluding carboxylic acids is 2. The molecule has 0 unspecified atom stereocenters. The fraction of sp³-hybridized carbons (Fsp3) is 0.488. The summed E-state index contributed by atoms with van der Waals surface area (Å²) >= 11 is 4.12. The Morgan fingerprint density at radius 2 is 1.58 bits per heavy atom. The van der Waals surface area contributed by atoms with Gasteiger partial charge in [0.05, 0.1) is 32.9 Å².